The highest BCUT2D eigenvalue weighted by Gasteiger charge is 1.81. The van der Waals surface area contributed by atoms with Crippen molar-refractivity contribution in [2.75, 3.05) is 13.1 Å². The fraction of sp³-hybridized carbons (Fsp3) is 0.500. The maximum absolute atomic E-state index is 9.24. The predicted octanol–water partition coefficient (Wildman–Crippen LogP) is -2.77. The molecule has 0 aromatic heterocycles. The van der Waals surface area contributed by atoms with Crippen LogP contribution >= 0.6 is 0 Å². The first-order chi connectivity index (χ1) is 4.54. The summed E-state index contributed by atoms with van der Waals surface area (Å²) in [5.41, 5.74) is 9.14. The van der Waals surface area contributed by atoms with Gasteiger partial charge in [-0.15, -0.1) is 0 Å². The second kappa shape index (κ2) is 11.6. The summed E-state index contributed by atoms with van der Waals surface area (Å²) in [4.78, 5) is 18.5. The van der Waals surface area contributed by atoms with E-state index >= 15 is 0 Å². The van der Waals surface area contributed by atoms with Gasteiger partial charge in [0.15, 0.2) is 0 Å². The molecule has 0 spiro atoms. The van der Waals surface area contributed by atoms with E-state index in [0.717, 1.165) is 0 Å². The number of carboxylic acid groups (broad SMARTS) is 2. The monoisotopic (exact) mass is 168 g/mol. The lowest BCUT2D eigenvalue weighted by atomic mass is 10.7. The summed E-state index contributed by atoms with van der Waals surface area (Å²) in [5.74, 6) is -1.94. The fourth-order valence-electron chi connectivity index (χ4n) is 0. The normalized spacial score (nSPS) is 6.73. The van der Waals surface area contributed by atoms with E-state index in [2.05, 4.69) is 11.5 Å². The molecule has 0 amide bonds. The van der Waals surface area contributed by atoms with Crippen LogP contribution in [0, 0.1) is 0 Å². The first-order valence-electron chi connectivity index (χ1n) is 2.38. The number of carbonyl (C=O) groups is 2. The van der Waals surface area contributed by atoms with Gasteiger partial charge in [0, 0.05) is 0 Å². The average Bonchev–Trinajstić information content (AvgIpc) is 1.89. The maximum atomic E-state index is 9.24. The molecule has 0 saturated heterocycles. The first kappa shape index (κ1) is 16.4. The molecule has 0 aromatic rings. The van der Waals surface area contributed by atoms with Gasteiger partial charge in [-0.25, -0.2) is 0 Å². The molecular formula is C4H12N2O5. The van der Waals surface area contributed by atoms with Crippen molar-refractivity contribution in [1.82, 2.24) is 0 Å². The van der Waals surface area contributed by atoms with Gasteiger partial charge in [-0.3, -0.25) is 9.59 Å². The lowest BCUT2D eigenvalue weighted by Crippen LogP contribution is -2.10. The molecule has 11 heavy (non-hydrogen) atoms. The van der Waals surface area contributed by atoms with Crippen LogP contribution in [0.4, 0.5) is 0 Å². The van der Waals surface area contributed by atoms with Gasteiger partial charge >= 0.3 is 11.9 Å². The number of aliphatic carboxylic acids is 2. The molecule has 0 bridgehead atoms. The van der Waals surface area contributed by atoms with E-state index in [4.69, 9.17) is 10.2 Å². The summed E-state index contributed by atoms with van der Waals surface area (Å²) in [6.07, 6.45) is 0. The molecule has 7 nitrogen and oxygen atoms in total. The van der Waals surface area contributed by atoms with Gasteiger partial charge in [-0.2, -0.15) is 0 Å². The van der Waals surface area contributed by atoms with Crippen LogP contribution in [0.2, 0.25) is 0 Å². The molecule has 8 N–H and O–H groups in total. The Morgan fingerprint density at radius 1 is 1.00 bits per heavy atom. The fourth-order valence-corrected chi connectivity index (χ4v) is 0. The molecule has 0 aliphatic rings. The number of nitrogens with two attached hydrogens (primary N) is 2. The summed E-state index contributed by atoms with van der Waals surface area (Å²) in [7, 11) is 0. The Hall–Kier alpha value is -1.18. The van der Waals surface area contributed by atoms with E-state index in [0.29, 0.717) is 0 Å². The van der Waals surface area contributed by atoms with E-state index in [1.165, 1.54) is 0 Å². The van der Waals surface area contributed by atoms with E-state index < -0.39 is 11.9 Å². The largest absolute Gasteiger partial charge is 0.480 e. The predicted molar refractivity (Wildman–Crippen MR) is 37.0 cm³/mol. The van der Waals surface area contributed by atoms with Crippen molar-refractivity contribution in [3.05, 3.63) is 0 Å². The van der Waals surface area contributed by atoms with Crippen molar-refractivity contribution in [2.24, 2.45) is 11.5 Å². The Morgan fingerprint density at radius 2 is 1.09 bits per heavy atom. The maximum Gasteiger partial charge on any atom is 0.317 e. The Labute approximate surface area is 62.9 Å². The van der Waals surface area contributed by atoms with E-state index in [9.17, 15) is 9.59 Å². The lowest BCUT2D eigenvalue weighted by molar-refractivity contribution is -0.136. The molecule has 0 atom stereocenters. The minimum Gasteiger partial charge on any atom is -0.480 e. The Bertz CT molecular complexity index is 101. The van der Waals surface area contributed by atoms with Crippen LogP contribution < -0.4 is 11.5 Å². The van der Waals surface area contributed by atoms with E-state index in [1.54, 1.807) is 0 Å². The average molecular weight is 168 g/mol. The molecule has 0 fully saturated rings. The summed E-state index contributed by atoms with van der Waals surface area (Å²) >= 11 is 0. The van der Waals surface area contributed by atoms with Gasteiger partial charge in [0.25, 0.3) is 0 Å². The van der Waals surface area contributed by atoms with Crippen LogP contribution in [0.25, 0.3) is 0 Å². The molecule has 7 heteroatoms. The summed E-state index contributed by atoms with van der Waals surface area (Å²) in [5, 5.41) is 15.2. The van der Waals surface area contributed by atoms with Crippen molar-refractivity contribution >= 4 is 11.9 Å². The quantitative estimate of drug-likeness (QED) is 0.349. The molecule has 0 unspecified atom stereocenters. The first-order valence-corrected chi connectivity index (χ1v) is 2.38. The molecule has 0 heterocycles. The zero-order valence-electron chi connectivity index (χ0n) is 5.78. The molecule has 0 radical (unpaired) electrons. The molecule has 0 aliphatic carbocycles. The van der Waals surface area contributed by atoms with Crippen molar-refractivity contribution in [3.8, 4) is 0 Å². The minimum absolute atomic E-state index is 0. The van der Waals surface area contributed by atoms with Gasteiger partial charge < -0.3 is 27.2 Å². The third-order valence-corrected chi connectivity index (χ3v) is 0.349. The number of carboxylic acids is 2. The third-order valence-electron chi connectivity index (χ3n) is 0.349. The van der Waals surface area contributed by atoms with Gasteiger partial charge in [-0.05, 0) is 0 Å². The highest BCUT2D eigenvalue weighted by molar-refractivity contribution is 5.68. The Kier molecular flexibility index (Phi) is 17.3. The zero-order chi connectivity index (χ0) is 8.57. The number of rotatable bonds is 2. The van der Waals surface area contributed by atoms with Crippen LogP contribution in [0.5, 0.6) is 0 Å². The minimum atomic E-state index is -0.968. The van der Waals surface area contributed by atoms with Crippen molar-refractivity contribution < 1.29 is 25.3 Å². The topological polar surface area (TPSA) is 158 Å². The van der Waals surface area contributed by atoms with Crippen molar-refractivity contribution in [3.63, 3.8) is 0 Å². The molecule has 68 valence electrons. The van der Waals surface area contributed by atoms with Crippen LogP contribution in [-0.4, -0.2) is 40.7 Å². The highest BCUT2D eigenvalue weighted by Crippen LogP contribution is 1.44. The van der Waals surface area contributed by atoms with Gasteiger partial charge in [-0.1, -0.05) is 0 Å². The lowest BCUT2D eigenvalue weighted by Gasteiger charge is -1.73. The molecule has 0 aromatic carbocycles. The van der Waals surface area contributed by atoms with Gasteiger partial charge in [0.1, 0.15) is 0 Å². The summed E-state index contributed by atoms with van der Waals surface area (Å²) in [6, 6.07) is 0. The second-order valence-electron chi connectivity index (χ2n) is 1.20. The SMILES string of the molecule is NCC(=O)O.NCC(=O)O.O. The highest BCUT2D eigenvalue weighted by atomic mass is 16.4. The summed E-state index contributed by atoms with van der Waals surface area (Å²) < 4.78 is 0. The van der Waals surface area contributed by atoms with Crippen molar-refractivity contribution in [2.45, 2.75) is 0 Å². The second-order valence-corrected chi connectivity index (χ2v) is 1.20. The van der Waals surface area contributed by atoms with Crippen LogP contribution in [0.1, 0.15) is 0 Å². The van der Waals surface area contributed by atoms with Crippen LogP contribution in [-0.2, 0) is 9.59 Å². The van der Waals surface area contributed by atoms with Gasteiger partial charge in [0.05, 0.1) is 13.1 Å². The standard InChI is InChI=1S/2C2H5NO2.H2O/c2*3-1-2(4)5;/h2*1,3H2,(H,4,5);1H2. The Balaban J connectivity index is -0.000000107. The number of hydrogen-bond donors (Lipinski definition) is 4. The number of hydrogen-bond acceptors (Lipinski definition) is 4. The van der Waals surface area contributed by atoms with Gasteiger partial charge in [0.2, 0.25) is 0 Å². The van der Waals surface area contributed by atoms with Crippen LogP contribution in [0.3, 0.4) is 0 Å². The molecular weight excluding hydrogens is 156 g/mol. The van der Waals surface area contributed by atoms with E-state index in [1.807, 2.05) is 0 Å². The third kappa shape index (κ3) is 51.6. The molecule has 0 rings (SSSR count). The van der Waals surface area contributed by atoms with Crippen molar-refractivity contribution in [1.29, 1.82) is 0 Å². The van der Waals surface area contributed by atoms with E-state index in [-0.39, 0.29) is 18.6 Å². The van der Waals surface area contributed by atoms with Crippen LogP contribution in [0.15, 0.2) is 0 Å². The summed E-state index contributed by atoms with van der Waals surface area (Å²) in [6.45, 7) is -0.556. The smallest absolute Gasteiger partial charge is 0.317 e. The Morgan fingerprint density at radius 3 is 1.09 bits per heavy atom. The molecule has 0 saturated carbocycles. The molecule has 0 aliphatic heterocycles. The zero-order valence-corrected chi connectivity index (χ0v) is 5.78.